The van der Waals surface area contributed by atoms with Gasteiger partial charge in [0.15, 0.2) is 0 Å². The maximum Gasteiger partial charge on any atom is 0.407 e. The normalized spacial score (nSPS) is 34.8. The van der Waals surface area contributed by atoms with Crippen LogP contribution in [0.3, 0.4) is 0 Å². The summed E-state index contributed by atoms with van der Waals surface area (Å²) >= 11 is 0. The average molecular weight is 684 g/mol. The van der Waals surface area contributed by atoms with Crippen molar-refractivity contribution in [1.29, 1.82) is 0 Å². The number of aliphatic carboxylic acids is 1. The number of fused-ring (bicyclic) bond motifs is 3. The molecule has 2 aliphatic heterocycles. The van der Waals surface area contributed by atoms with Crippen LogP contribution in [-0.4, -0.2) is 91.1 Å². The lowest BCUT2D eigenvalue weighted by atomic mass is 9.68. The Hall–Kier alpha value is -3.18. The maximum absolute atomic E-state index is 13.9. The second-order valence-electron chi connectivity index (χ2n) is 14.8. The predicted octanol–water partition coefficient (Wildman–Crippen LogP) is 5.30. The van der Waals surface area contributed by atoms with Gasteiger partial charge in [-0.15, -0.1) is 0 Å². The summed E-state index contributed by atoms with van der Waals surface area (Å²) in [5.74, 6) is -0.557. The Morgan fingerprint density at radius 3 is 2.53 bits per heavy atom. The molecule has 11 nitrogen and oxygen atoms in total. The van der Waals surface area contributed by atoms with Crippen LogP contribution >= 0.6 is 0 Å². The van der Waals surface area contributed by atoms with Crippen LogP contribution in [0.1, 0.15) is 96.8 Å². The lowest BCUT2D eigenvalue weighted by Gasteiger charge is -2.39. The monoisotopic (exact) mass is 683 g/mol. The molecule has 0 aromatic heterocycles. The van der Waals surface area contributed by atoms with Crippen molar-refractivity contribution in [2.45, 2.75) is 127 Å². The number of carboxylic acids is 1. The van der Waals surface area contributed by atoms with Gasteiger partial charge in [-0.05, 0) is 55.4 Å². The van der Waals surface area contributed by atoms with Crippen LogP contribution in [0, 0.1) is 23.7 Å². The Labute approximate surface area is 291 Å². The fraction of sp³-hybridized carbons (Fsp3) is 0.737. The Bertz CT molecular complexity index is 1280. The molecule has 11 heteroatoms. The number of alkyl carbamates (subject to hydrolysis) is 1. The highest BCUT2D eigenvalue weighted by molar-refractivity contribution is 5.95. The molecule has 3 fully saturated rings. The third-order valence-electron chi connectivity index (χ3n) is 11.7. The SMILES string of the molecule is COC1C=C2C=CC=CC2C(C)C1CCCCCCOC(=O)N[C@H]1CCCCCCC[C@@H]2C[C@@]2(C(=O)O)NC(=O)C2C[C@H](OC)CN2C1=O. The molecule has 5 rings (SSSR count). The summed E-state index contributed by atoms with van der Waals surface area (Å²) in [6.45, 7) is 2.78. The molecule has 1 saturated carbocycles. The predicted molar refractivity (Wildman–Crippen MR) is 185 cm³/mol. The Balaban J connectivity index is 1.10. The molecule has 5 unspecified atom stereocenters. The minimum Gasteiger partial charge on any atom is -0.479 e. The standard InChI is InChI=1S/C38H57N3O8/c1-25-29-17-13-12-15-26(29)21-33(48-3)30(25)18-10-7-8-14-20-49-37(46)39-31-19-11-6-4-5-9-16-27-23-38(27,36(44)45)40-34(42)32-22-28(47-2)24-41(32)35(31)43/h12-13,15,17,21,25,27-33H,4-11,14,16,18-20,22-24H2,1-3H3,(H,39,46)(H,40,42)(H,44,45)/t25?,27-,28+,29?,30?,31+,32?,33?,38-/m1/s1. The number of methoxy groups -OCH3 is 2. The van der Waals surface area contributed by atoms with E-state index in [1.807, 2.05) is 0 Å². The fourth-order valence-electron chi connectivity index (χ4n) is 8.59. The van der Waals surface area contributed by atoms with Gasteiger partial charge in [-0.1, -0.05) is 88.7 Å². The average Bonchev–Trinajstić information content (AvgIpc) is 3.61. The first kappa shape index (κ1) is 37.1. The summed E-state index contributed by atoms with van der Waals surface area (Å²) in [6, 6.07) is -1.72. The van der Waals surface area contributed by atoms with Gasteiger partial charge in [-0.25, -0.2) is 9.59 Å². The molecule has 0 aromatic carbocycles. The first-order chi connectivity index (χ1) is 23.7. The van der Waals surface area contributed by atoms with E-state index in [9.17, 15) is 24.3 Å². The van der Waals surface area contributed by atoms with Crippen LogP contribution in [0.15, 0.2) is 36.0 Å². The number of unbranched alkanes of at least 4 members (excludes halogenated alkanes) is 3. The van der Waals surface area contributed by atoms with E-state index in [0.29, 0.717) is 30.6 Å². The van der Waals surface area contributed by atoms with Crippen LogP contribution in [0.4, 0.5) is 4.79 Å². The zero-order valence-electron chi connectivity index (χ0n) is 29.6. The third-order valence-corrected chi connectivity index (χ3v) is 11.7. The number of carbonyl (C=O) groups excluding carboxylic acids is 3. The van der Waals surface area contributed by atoms with Crippen LogP contribution in [-0.2, 0) is 28.6 Å². The number of hydrogen-bond acceptors (Lipinski definition) is 7. The smallest absolute Gasteiger partial charge is 0.407 e. The molecule has 5 aliphatic rings. The van der Waals surface area contributed by atoms with E-state index in [2.05, 4.69) is 47.9 Å². The number of rotatable bonds is 11. The second kappa shape index (κ2) is 17.2. The number of carbonyl (C=O) groups is 4. The molecule has 0 radical (unpaired) electrons. The van der Waals surface area contributed by atoms with Crippen molar-refractivity contribution in [3.8, 4) is 0 Å². The topological polar surface area (TPSA) is 144 Å². The van der Waals surface area contributed by atoms with Crippen LogP contribution in [0.2, 0.25) is 0 Å². The molecule has 3 amide bonds. The minimum absolute atomic E-state index is 0.103. The summed E-state index contributed by atoms with van der Waals surface area (Å²) in [4.78, 5) is 54.0. The molecule has 0 bridgehead atoms. The number of nitrogens with one attached hydrogen (secondary N) is 2. The molecule has 2 heterocycles. The van der Waals surface area contributed by atoms with E-state index in [1.54, 1.807) is 7.11 Å². The summed E-state index contributed by atoms with van der Waals surface area (Å²) < 4.78 is 16.9. The Kier molecular flexibility index (Phi) is 13.0. The number of amides is 3. The summed E-state index contributed by atoms with van der Waals surface area (Å²) in [6.07, 6.45) is 21.3. The lowest BCUT2D eigenvalue weighted by molar-refractivity contribution is -0.146. The first-order valence-corrected chi connectivity index (χ1v) is 18.6. The Morgan fingerprint density at radius 2 is 1.78 bits per heavy atom. The Morgan fingerprint density at radius 1 is 1.02 bits per heavy atom. The third kappa shape index (κ3) is 8.95. The van der Waals surface area contributed by atoms with Gasteiger partial charge in [0.2, 0.25) is 11.8 Å². The van der Waals surface area contributed by atoms with E-state index >= 15 is 0 Å². The molecule has 0 spiro atoms. The zero-order valence-corrected chi connectivity index (χ0v) is 29.6. The second-order valence-corrected chi connectivity index (χ2v) is 14.8. The number of nitrogens with zero attached hydrogens (tertiary/aromatic N) is 1. The van der Waals surface area contributed by atoms with E-state index in [4.69, 9.17) is 14.2 Å². The largest absolute Gasteiger partial charge is 0.479 e. The number of hydrogen-bond donors (Lipinski definition) is 3. The first-order valence-electron chi connectivity index (χ1n) is 18.6. The molecule has 272 valence electrons. The quantitative estimate of drug-likeness (QED) is 0.249. The number of ether oxygens (including phenoxy) is 3. The van der Waals surface area contributed by atoms with Crippen molar-refractivity contribution in [2.75, 3.05) is 27.4 Å². The maximum atomic E-state index is 13.9. The van der Waals surface area contributed by atoms with Gasteiger partial charge in [-0.2, -0.15) is 0 Å². The number of carboxylic acid groups (broad SMARTS) is 1. The zero-order chi connectivity index (χ0) is 35.0. The van der Waals surface area contributed by atoms with Crippen molar-refractivity contribution in [3.63, 3.8) is 0 Å². The molecule has 3 aliphatic carbocycles. The van der Waals surface area contributed by atoms with E-state index in [0.717, 1.165) is 70.6 Å². The summed E-state index contributed by atoms with van der Waals surface area (Å²) in [5, 5.41) is 15.6. The molecule has 3 N–H and O–H groups in total. The lowest BCUT2D eigenvalue weighted by Crippen LogP contribution is -2.56. The van der Waals surface area contributed by atoms with E-state index in [1.165, 1.54) is 17.6 Å². The highest BCUT2D eigenvalue weighted by Crippen LogP contribution is 2.47. The van der Waals surface area contributed by atoms with Crippen LogP contribution in [0.5, 0.6) is 0 Å². The van der Waals surface area contributed by atoms with Crippen molar-refractivity contribution in [2.24, 2.45) is 23.7 Å². The van der Waals surface area contributed by atoms with Gasteiger partial charge < -0.3 is 34.9 Å². The molecular formula is C38H57N3O8. The van der Waals surface area contributed by atoms with Gasteiger partial charge >= 0.3 is 12.1 Å². The van der Waals surface area contributed by atoms with Crippen molar-refractivity contribution >= 4 is 23.9 Å². The van der Waals surface area contributed by atoms with Gasteiger partial charge in [0.05, 0.1) is 18.8 Å². The number of allylic oxidation sites excluding steroid dienone is 5. The van der Waals surface area contributed by atoms with Gasteiger partial charge in [-0.3, -0.25) is 9.59 Å². The van der Waals surface area contributed by atoms with E-state index in [-0.39, 0.29) is 43.6 Å². The van der Waals surface area contributed by atoms with Gasteiger partial charge in [0, 0.05) is 33.1 Å². The molecule has 2 saturated heterocycles. The van der Waals surface area contributed by atoms with Crippen LogP contribution < -0.4 is 10.6 Å². The highest BCUT2D eigenvalue weighted by atomic mass is 16.5. The van der Waals surface area contributed by atoms with Gasteiger partial charge in [0.1, 0.15) is 17.6 Å². The van der Waals surface area contributed by atoms with Crippen LogP contribution in [0.25, 0.3) is 0 Å². The highest BCUT2D eigenvalue weighted by Gasteiger charge is 2.62. The van der Waals surface area contributed by atoms with Crippen molar-refractivity contribution in [3.05, 3.63) is 36.0 Å². The van der Waals surface area contributed by atoms with Gasteiger partial charge in [0.25, 0.3) is 0 Å². The molecular weight excluding hydrogens is 626 g/mol. The minimum atomic E-state index is -1.27. The molecule has 49 heavy (non-hydrogen) atoms. The van der Waals surface area contributed by atoms with Crippen molar-refractivity contribution < 1.29 is 38.5 Å². The van der Waals surface area contributed by atoms with Crippen molar-refractivity contribution in [1.82, 2.24) is 15.5 Å². The summed E-state index contributed by atoms with van der Waals surface area (Å²) in [5.41, 5.74) is 0.0769. The molecule has 0 aromatic rings. The molecule has 9 atom stereocenters. The van der Waals surface area contributed by atoms with E-state index < -0.39 is 35.6 Å². The fourth-order valence-corrected chi connectivity index (χ4v) is 8.59. The summed E-state index contributed by atoms with van der Waals surface area (Å²) in [7, 11) is 3.33.